The first kappa shape index (κ1) is 16.4. The van der Waals surface area contributed by atoms with Crippen LogP contribution in [0.2, 0.25) is 0 Å². The van der Waals surface area contributed by atoms with E-state index in [0.29, 0.717) is 0 Å². The Bertz CT molecular complexity index is 482. The van der Waals surface area contributed by atoms with Crippen LogP contribution in [-0.4, -0.2) is 56.7 Å². The number of ether oxygens (including phenoxy) is 1. The van der Waals surface area contributed by atoms with Crippen LogP contribution in [0.1, 0.15) is 24.4 Å². The average Bonchev–Trinajstić information content (AvgIpc) is 2.63. The van der Waals surface area contributed by atoms with Crippen molar-refractivity contribution in [2.45, 2.75) is 18.9 Å². The fourth-order valence-electron chi connectivity index (χ4n) is 3.33. The third-order valence-corrected chi connectivity index (χ3v) is 4.73. The number of carbonyl (C=O) groups is 1. The molecule has 3 rings (SSSR count). The van der Waals surface area contributed by atoms with Crippen molar-refractivity contribution in [1.29, 1.82) is 0 Å². The van der Waals surface area contributed by atoms with Crippen molar-refractivity contribution in [1.82, 2.24) is 15.5 Å². The SMILES string of the molecule is O=C(NC(CN1CCOCC1)c1ccccc1)C1CCCNC1. The molecule has 1 amide bonds. The molecule has 2 aliphatic heterocycles. The first-order valence-electron chi connectivity index (χ1n) is 8.69. The van der Waals surface area contributed by atoms with Gasteiger partial charge in [-0.15, -0.1) is 0 Å². The predicted octanol–water partition coefficient (Wildman–Crippen LogP) is 1.18. The van der Waals surface area contributed by atoms with Gasteiger partial charge in [-0.25, -0.2) is 0 Å². The van der Waals surface area contributed by atoms with Gasteiger partial charge in [0.25, 0.3) is 0 Å². The molecule has 0 bridgehead atoms. The third-order valence-electron chi connectivity index (χ3n) is 4.73. The average molecular weight is 317 g/mol. The number of benzene rings is 1. The van der Waals surface area contributed by atoms with Gasteiger partial charge in [0, 0.05) is 26.2 Å². The molecule has 0 radical (unpaired) electrons. The van der Waals surface area contributed by atoms with Gasteiger partial charge in [0.05, 0.1) is 25.2 Å². The minimum atomic E-state index is 0.0451. The standard InChI is InChI=1S/C18H27N3O2/c22-18(16-7-4-8-19-13-16)20-17(15-5-2-1-3-6-15)14-21-9-11-23-12-10-21/h1-3,5-6,16-17,19H,4,7-14H2,(H,20,22). The zero-order valence-electron chi connectivity index (χ0n) is 13.7. The van der Waals surface area contributed by atoms with E-state index in [0.717, 1.165) is 58.8 Å². The number of nitrogens with one attached hydrogen (secondary N) is 2. The molecule has 2 N–H and O–H groups in total. The molecular weight excluding hydrogens is 290 g/mol. The summed E-state index contributed by atoms with van der Waals surface area (Å²) in [5.41, 5.74) is 1.18. The summed E-state index contributed by atoms with van der Waals surface area (Å²) in [7, 11) is 0. The van der Waals surface area contributed by atoms with E-state index in [4.69, 9.17) is 4.74 Å². The lowest BCUT2D eigenvalue weighted by atomic mass is 9.97. The van der Waals surface area contributed by atoms with E-state index in [1.807, 2.05) is 18.2 Å². The van der Waals surface area contributed by atoms with Crippen LogP contribution in [0.5, 0.6) is 0 Å². The van der Waals surface area contributed by atoms with E-state index < -0.39 is 0 Å². The molecule has 0 saturated carbocycles. The van der Waals surface area contributed by atoms with Crippen LogP contribution in [0.4, 0.5) is 0 Å². The molecule has 2 atom stereocenters. The Hall–Kier alpha value is -1.43. The zero-order valence-corrected chi connectivity index (χ0v) is 13.7. The van der Waals surface area contributed by atoms with Gasteiger partial charge in [-0.05, 0) is 24.9 Å². The second-order valence-corrected chi connectivity index (χ2v) is 6.43. The fraction of sp³-hybridized carbons (Fsp3) is 0.611. The summed E-state index contributed by atoms with van der Waals surface area (Å²) in [6.45, 7) is 6.10. The van der Waals surface area contributed by atoms with Gasteiger partial charge in [-0.2, -0.15) is 0 Å². The maximum Gasteiger partial charge on any atom is 0.224 e. The maximum absolute atomic E-state index is 12.6. The van der Waals surface area contributed by atoms with Gasteiger partial charge in [-0.3, -0.25) is 9.69 Å². The van der Waals surface area contributed by atoms with Crippen LogP contribution >= 0.6 is 0 Å². The number of piperidine rings is 1. The highest BCUT2D eigenvalue weighted by Crippen LogP contribution is 2.18. The Morgan fingerprint density at radius 1 is 1.30 bits per heavy atom. The normalized spacial score (nSPS) is 24.1. The minimum Gasteiger partial charge on any atom is -0.379 e. The topological polar surface area (TPSA) is 53.6 Å². The number of hydrogen-bond donors (Lipinski definition) is 2. The van der Waals surface area contributed by atoms with E-state index in [9.17, 15) is 4.79 Å². The highest BCUT2D eigenvalue weighted by molar-refractivity contribution is 5.79. The Morgan fingerprint density at radius 3 is 2.78 bits per heavy atom. The molecule has 0 aliphatic carbocycles. The molecule has 0 spiro atoms. The molecule has 1 aromatic carbocycles. The highest BCUT2D eigenvalue weighted by atomic mass is 16.5. The van der Waals surface area contributed by atoms with Crippen LogP contribution in [-0.2, 0) is 9.53 Å². The van der Waals surface area contributed by atoms with Crippen LogP contribution in [0.15, 0.2) is 30.3 Å². The lowest BCUT2D eigenvalue weighted by Gasteiger charge is -2.32. The maximum atomic E-state index is 12.6. The summed E-state index contributed by atoms with van der Waals surface area (Å²) < 4.78 is 5.43. The Labute approximate surface area is 138 Å². The smallest absolute Gasteiger partial charge is 0.224 e. The molecule has 1 aromatic rings. The minimum absolute atomic E-state index is 0.0451. The van der Waals surface area contributed by atoms with Crippen LogP contribution in [0, 0.1) is 5.92 Å². The van der Waals surface area contributed by atoms with Crippen molar-refractivity contribution in [3.63, 3.8) is 0 Å². The monoisotopic (exact) mass is 317 g/mol. The summed E-state index contributed by atoms with van der Waals surface area (Å²) in [5, 5.41) is 6.61. The highest BCUT2D eigenvalue weighted by Gasteiger charge is 2.25. The molecule has 5 heteroatoms. The lowest BCUT2D eigenvalue weighted by molar-refractivity contribution is -0.126. The Kier molecular flexibility index (Phi) is 6.02. The number of hydrogen-bond acceptors (Lipinski definition) is 4. The zero-order chi connectivity index (χ0) is 15.9. The lowest BCUT2D eigenvalue weighted by Crippen LogP contribution is -2.46. The van der Waals surface area contributed by atoms with E-state index >= 15 is 0 Å². The molecule has 2 fully saturated rings. The summed E-state index contributed by atoms with van der Waals surface area (Å²) in [6, 6.07) is 10.3. The molecule has 126 valence electrons. The first-order valence-corrected chi connectivity index (χ1v) is 8.69. The number of amides is 1. The van der Waals surface area contributed by atoms with E-state index in [2.05, 4.69) is 27.7 Å². The van der Waals surface area contributed by atoms with Gasteiger partial charge in [0.15, 0.2) is 0 Å². The largest absolute Gasteiger partial charge is 0.379 e. The van der Waals surface area contributed by atoms with E-state index in [1.165, 1.54) is 5.56 Å². The summed E-state index contributed by atoms with van der Waals surface area (Å²) in [6.07, 6.45) is 2.06. The van der Waals surface area contributed by atoms with Crippen molar-refractivity contribution < 1.29 is 9.53 Å². The molecule has 2 unspecified atom stereocenters. The van der Waals surface area contributed by atoms with Crippen LogP contribution < -0.4 is 10.6 Å². The molecule has 5 nitrogen and oxygen atoms in total. The van der Waals surface area contributed by atoms with E-state index in [-0.39, 0.29) is 17.9 Å². The summed E-state index contributed by atoms with van der Waals surface area (Å²) in [4.78, 5) is 15.0. The van der Waals surface area contributed by atoms with Crippen molar-refractivity contribution in [3.8, 4) is 0 Å². The predicted molar refractivity (Wildman–Crippen MR) is 90.2 cm³/mol. The third kappa shape index (κ3) is 4.77. The summed E-state index contributed by atoms with van der Waals surface area (Å²) in [5.74, 6) is 0.277. The summed E-state index contributed by atoms with van der Waals surface area (Å²) >= 11 is 0. The molecule has 0 aromatic heterocycles. The molecular formula is C18H27N3O2. The van der Waals surface area contributed by atoms with Gasteiger partial charge >= 0.3 is 0 Å². The van der Waals surface area contributed by atoms with Crippen molar-refractivity contribution >= 4 is 5.91 Å². The van der Waals surface area contributed by atoms with E-state index in [1.54, 1.807) is 0 Å². The molecule has 2 heterocycles. The van der Waals surface area contributed by atoms with Gasteiger partial charge < -0.3 is 15.4 Å². The van der Waals surface area contributed by atoms with Gasteiger partial charge in [0.2, 0.25) is 5.91 Å². The quantitative estimate of drug-likeness (QED) is 0.856. The number of nitrogens with zero attached hydrogens (tertiary/aromatic N) is 1. The Balaban J connectivity index is 1.65. The van der Waals surface area contributed by atoms with Crippen molar-refractivity contribution in [3.05, 3.63) is 35.9 Å². The van der Waals surface area contributed by atoms with Crippen LogP contribution in [0.25, 0.3) is 0 Å². The number of morpholine rings is 1. The molecule has 23 heavy (non-hydrogen) atoms. The first-order chi connectivity index (χ1) is 11.3. The van der Waals surface area contributed by atoms with Gasteiger partial charge in [-0.1, -0.05) is 30.3 Å². The Morgan fingerprint density at radius 2 is 2.09 bits per heavy atom. The van der Waals surface area contributed by atoms with Crippen LogP contribution in [0.3, 0.4) is 0 Å². The fourth-order valence-corrected chi connectivity index (χ4v) is 3.33. The van der Waals surface area contributed by atoms with Crippen molar-refractivity contribution in [2.75, 3.05) is 45.9 Å². The molecule has 2 aliphatic rings. The second kappa shape index (κ2) is 8.43. The second-order valence-electron chi connectivity index (χ2n) is 6.43. The van der Waals surface area contributed by atoms with Gasteiger partial charge in [0.1, 0.15) is 0 Å². The van der Waals surface area contributed by atoms with Crippen molar-refractivity contribution in [2.24, 2.45) is 5.92 Å². The number of rotatable bonds is 5. The molecule has 2 saturated heterocycles. The number of carbonyl (C=O) groups excluding carboxylic acids is 1.